The maximum Gasteiger partial charge on any atom is 0.222 e. The molecule has 6 nitrogen and oxygen atoms in total. The van der Waals surface area contributed by atoms with Crippen LogP contribution in [-0.2, 0) is 14.3 Å². The molecule has 0 aromatic carbocycles. The third-order valence-electron chi connectivity index (χ3n) is 2.86. The van der Waals surface area contributed by atoms with E-state index < -0.39 is 0 Å². The van der Waals surface area contributed by atoms with Crippen LogP contribution in [0.5, 0.6) is 0 Å². The van der Waals surface area contributed by atoms with E-state index in [4.69, 9.17) is 9.84 Å². The van der Waals surface area contributed by atoms with Crippen molar-refractivity contribution in [3.05, 3.63) is 22.4 Å². The minimum Gasteiger partial charge on any atom is -0.396 e. The molecule has 2 amide bonds. The largest absolute Gasteiger partial charge is 0.396 e. The zero-order valence-electron chi connectivity index (χ0n) is 12.3. The van der Waals surface area contributed by atoms with Gasteiger partial charge in [0.2, 0.25) is 11.8 Å². The van der Waals surface area contributed by atoms with E-state index >= 15 is 0 Å². The van der Waals surface area contributed by atoms with Crippen molar-refractivity contribution in [1.29, 1.82) is 0 Å². The van der Waals surface area contributed by atoms with E-state index in [9.17, 15) is 9.59 Å². The maximum absolute atomic E-state index is 12.1. The van der Waals surface area contributed by atoms with Gasteiger partial charge in [0, 0.05) is 25.5 Å². The van der Waals surface area contributed by atoms with Crippen molar-refractivity contribution in [2.45, 2.75) is 31.8 Å². The van der Waals surface area contributed by atoms with Crippen molar-refractivity contribution >= 4 is 23.2 Å². The number of hydrogen-bond donors (Lipinski definition) is 3. The first-order valence-electron chi connectivity index (χ1n) is 6.76. The van der Waals surface area contributed by atoms with Crippen molar-refractivity contribution in [3.8, 4) is 0 Å². The summed E-state index contributed by atoms with van der Waals surface area (Å²) >= 11 is 1.49. The molecule has 0 aliphatic heterocycles. The third kappa shape index (κ3) is 6.70. The lowest BCUT2D eigenvalue weighted by Crippen LogP contribution is -2.40. The zero-order valence-corrected chi connectivity index (χ0v) is 13.1. The summed E-state index contributed by atoms with van der Waals surface area (Å²) in [5, 5.41) is 16.5. The highest BCUT2D eigenvalue weighted by Crippen LogP contribution is 2.22. The molecule has 7 heteroatoms. The van der Waals surface area contributed by atoms with Gasteiger partial charge in [-0.05, 0) is 17.9 Å². The van der Waals surface area contributed by atoms with Gasteiger partial charge in [0.05, 0.1) is 25.1 Å². The summed E-state index contributed by atoms with van der Waals surface area (Å²) in [6.07, 6.45) is 0.592. The van der Waals surface area contributed by atoms with Crippen LogP contribution in [0.1, 0.15) is 30.7 Å². The molecule has 2 unspecified atom stereocenters. The molecule has 0 saturated heterocycles. The second-order valence-corrected chi connectivity index (χ2v) is 5.68. The Morgan fingerprint density at radius 2 is 2.19 bits per heavy atom. The summed E-state index contributed by atoms with van der Waals surface area (Å²) in [5.74, 6) is -0.359. The normalized spacial score (nSPS) is 13.5. The molecule has 0 bridgehead atoms. The van der Waals surface area contributed by atoms with Crippen LogP contribution in [-0.4, -0.2) is 43.3 Å². The zero-order chi connectivity index (χ0) is 15.7. The van der Waals surface area contributed by atoms with E-state index in [1.54, 1.807) is 7.11 Å². The number of carbonyl (C=O) groups excluding carboxylic acids is 2. The number of ether oxygens (including phenoxy) is 1. The lowest BCUT2D eigenvalue weighted by molar-refractivity contribution is -0.123. The molecule has 2 atom stereocenters. The van der Waals surface area contributed by atoms with Crippen molar-refractivity contribution < 1.29 is 19.4 Å². The summed E-state index contributed by atoms with van der Waals surface area (Å²) < 4.78 is 5.01. The highest BCUT2D eigenvalue weighted by atomic mass is 32.1. The molecule has 1 aromatic heterocycles. The Labute approximate surface area is 128 Å². The van der Waals surface area contributed by atoms with Crippen LogP contribution in [0.25, 0.3) is 0 Å². The summed E-state index contributed by atoms with van der Waals surface area (Å²) in [7, 11) is 1.54. The van der Waals surface area contributed by atoms with Gasteiger partial charge < -0.3 is 20.5 Å². The Balaban J connectivity index is 2.61. The van der Waals surface area contributed by atoms with Crippen LogP contribution in [0.3, 0.4) is 0 Å². The molecular formula is C14H22N2O4S. The topological polar surface area (TPSA) is 87.7 Å². The van der Waals surface area contributed by atoms with Gasteiger partial charge in [0.25, 0.3) is 0 Å². The van der Waals surface area contributed by atoms with Crippen LogP contribution >= 0.6 is 11.3 Å². The van der Waals surface area contributed by atoms with Gasteiger partial charge in [-0.15, -0.1) is 11.3 Å². The molecule has 0 spiro atoms. The molecule has 0 aliphatic carbocycles. The average Bonchev–Trinajstić information content (AvgIpc) is 2.91. The number of rotatable bonds is 9. The van der Waals surface area contributed by atoms with Crippen molar-refractivity contribution in [2.24, 2.45) is 0 Å². The summed E-state index contributed by atoms with van der Waals surface area (Å²) in [6, 6.07) is 3.21. The lowest BCUT2D eigenvalue weighted by atomic mass is 10.1. The van der Waals surface area contributed by atoms with Gasteiger partial charge in [-0.3, -0.25) is 9.59 Å². The van der Waals surface area contributed by atoms with E-state index in [-0.39, 0.29) is 36.9 Å². The molecule has 0 fully saturated rings. The Morgan fingerprint density at radius 1 is 1.43 bits per heavy atom. The summed E-state index contributed by atoms with van der Waals surface area (Å²) in [6.45, 7) is 1.75. The van der Waals surface area contributed by atoms with Gasteiger partial charge in [-0.2, -0.15) is 0 Å². The van der Waals surface area contributed by atoms with Crippen molar-refractivity contribution in [1.82, 2.24) is 10.6 Å². The van der Waals surface area contributed by atoms with Crippen LogP contribution in [0.4, 0.5) is 0 Å². The quantitative estimate of drug-likeness (QED) is 0.630. The van der Waals surface area contributed by atoms with Crippen molar-refractivity contribution in [3.63, 3.8) is 0 Å². The van der Waals surface area contributed by atoms with Gasteiger partial charge in [-0.25, -0.2) is 0 Å². The molecule has 21 heavy (non-hydrogen) atoms. The Kier molecular flexibility index (Phi) is 7.96. The monoisotopic (exact) mass is 314 g/mol. The Hall–Kier alpha value is -1.44. The second-order valence-electron chi connectivity index (χ2n) is 4.70. The van der Waals surface area contributed by atoms with E-state index in [1.165, 1.54) is 18.3 Å². The maximum atomic E-state index is 12.1. The summed E-state index contributed by atoms with van der Waals surface area (Å²) in [5.41, 5.74) is 0. The first kappa shape index (κ1) is 17.6. The number of carbonyl (C=O) groups is 2. The number of aliphatic hydroxyl groups excluding tert-OH is 1. The van der Waals surface area contributed by atoms with Crippen molar-refractivity contribution in [2.75, 3.05) is 20.3 Å². The van der Waals surface area contributed by atoms with E-state index in [2.05, 4.69) is 10.6 Å². The van der Waals surface area contributed by atoms with Crippen LogP contribution in [0.15, 0.2) is 17.5 Å². The fourth-order valence-corrected chi connectivity index (χ4v) is 2.76. The second kappa shape index (κ2) is 9.49. The molecular weight excluding hydrogens is 292 g/mol. The Bertz CT molecular complexity index is 430. The minimum atomic E-state index is -0.333. The highest BCUT2D eigenvalue weighted by molar-refractivity contribution is 7.10. The van der Waals surface area contributed by atoms with Crippen LogP contribution in [0.2, 0.25) is 0 Å². The molecule has 1 aromatic rings. The molecule has 0 radical (unpaired) electrons. The highest BCUT2D eigenvalue weighted by Gasteiger charge is 2.20. The van der Waals surface area contributed by atoms with E-state index in [1.807, 2.05) is 17.5 Å². The molecule has 0 aliphatic rings. The molecule has 0 saturated carbocycles. The third-order valence-corrected chi connectivity index (χ3v) is 3.85. The SMILES string of the molecule is COCC(CCO)NC(=O)CC(NC(C)=O)c1cccs1. The predicted octanol–water partition coefficient (Wildman–Crippen LogP) is 0.829. The van der Waals surface area contributed by atoms with E-state index in [0.717, 1.165) is 4.88 Å². The first-order chi connectivity index (χ1) is 10.1. The molecule has 1 heterocycles. The van der Waals surface area contributed by atoms with Crippen LogP contribution in [0, 0.1) is 0 Å². The standard InChI is InChI=1S/C14H22N2O4S/c1-10(18)15-12(13-4-3-7-21-13)8-14(19)16-11(5-6-17)9-20-2/h3-4,7,11-12,17H,5-6,8-9H2,1-2H3,(H,15,18)(H,16,19). The fourth-order valence-electron chi connectivity index (χ4n) is 1.98. The average molecular weight is 314 g/mol. The Morgan fingerprint density at radius 3 is 2.71 bits per heavy atom. The molecule has 118 valence electrons. The number of hydrogen-bond acceptors (Lipinski definition) is 5. The number of nitrogens with one attached hydrogen (secondary N) is 2. The van der Waals surface area contributed by atoms with Gasteiger partial charge in [-0.1, -0.05) is 6.07 Å². The van der Waals surface area contributed by atoms with Crippen LogP contribution < -0.4 is 10.6 Å². The number of methoxy groups -OCH3 is 1. The van der Waals surface area contributed by atoms with Gasteiger partial charge in [0.15, 0.2) is 0 Å². The lowest BCUT2D eigenvalue weighted by Gasteiger charge is -2.20. The number of thiophene rings is 1. The minimum absolute atomic E-state index is 0.0195. The number of amides is 2. The molecule has 3 N–H and O–H groups in total. The number of aliphatic hydroxyl groups is 1. The first-order valence-corrected chi connectivity index (χ1v) is 7.64. The fraction of sp³-hybridized carbons (Fsp3) is 0.571. The predicted molar refractivity (Wildman–Crippen MR) is 81.0 cm³/mol. The van der Waals surface area contributed by atoms with Gasteiger partial charge >= 0.3 is 0 Å². The van der Waals surface area contributed by atoms with Gasteiger partial charge in [0.1, 0.15) is 0 Å². The summed E-state index contributed by atoms with van der Waals surface area (Å²) in [4.78, 5) is 24.3. The smallest absolute Gasteiger partial charge is 0.222 e. The van der Waals surface area contributed by atoms with E-state index in [0.29, 0.717) is 13.0 Å². The molecule has 1 rings (SSSR count).